The van der Waals surface area contributed by atoms with E-state index < -0.39 is 0 Å². The summed E-state index contributed by atoms with van der Waals surface area (Å²) in [6.45, 7) is 9.69. The van der Waals surface area contributed by atoms with Crippen LogP contribution in [-0.4, -0.2) is 21.6 Å². The van der Waals surface area contributed by atoms with Crippen molar-refractivity contribution in [3.05, 3.63) is 17.5 Å². The van der Waals surface area contributed by atoms with Gasteiger partial charge in [-0.15, -0.1) is 0 Å². The van der Waals surface area contributed by atoms with E-state index in [1.807, 2.05) is 40.7 Å². The molecule has 2 heterocycles. The molecule has 1 atom stereocenters. The number of anilines is 1. The van der Waals surface area contributed by atoms with Crippen LogP contribution in [0.2, 0.25) is 0 Å². The summed E-state index contributed by atoms with van der Waals surface area (Å²) in [5, 5.41) is 5.63. The lowest BCUT2D eigenvalue weighted by Gasteiger charge is -2.15. The van der Waals surface area contributed by atoms with Crippen LogP contribution in [0.4, 0.5) is 5.95 Å². The molecular weight excluding hydrogens is 228 g/mol. The average molecular weight is 246 g/mol. The highest BCUT2D eigenvalue weighted by Crippen LogP contribution is 2.26. The average Bonchev–Trinajstić information content (AvgIpc) is 2.52. The van der Waals surface area contributed by atoms with E-state index in [1.54, 1.807) is 0 Å². The molecule has 1 aliphatic heterocycles. The van der Waals surface area contributed by atoms with Gasteiger partial charge >= 0.3 is 0 Å². The zero-order valence-corrected chi connectivity index (χ0v) is 11.4. The Morgan fingerprint density at radius 3 is 2.17 bits per heavy atom. The first-order valence-electron chi connectivity index (χ1n) is 6.11. The number of carbonyl (C=O) groups is 1. The zero-order chi connectivity index (χ0) is 13.4. The Bertz CT molecular complexity index is 501. The van der Waals surface area contributed by atoms with Crippen LogP contribution in [0.25, 0.3) is 0 Å². The van der Waals surface area contributed by atoms with Crippen LogP contribution in [0.3, 0.4) is 0 Å². The standard InChI is InChI=1S/C13H18N4O/c1-7(2)11-10(5)16-17(12(11)18)13-14-8(3)6-9(4)15-13/h6-7,11H,1-5H3. The quantitative estimate of drug-likeness (QED) is 0.802. The van der Waals surface area contributed by atoms with Crippen LogP contribution < -0.4 is 5.01 Å². The molecule has 1 aromatic heterocycles. The smallest absolute Gasteiger partial charge is 0.259 e. The second-order valence-corrected chi connectivity index (χ2v) is 5.06. The van der Waals surface area contributed by atoms with E-state index >= 15 is 0 Å². The lowest BCUT2D eigenvalue weighted by molar-refractivity contribution is -0.120. The van der Waals surface area contributed by atoms with Crippen molar-refractivity contribution in [2.45, 2.75) is 34.6 Å². The maximum atomic E-state index is 12.3. The molecule has 0 bridgehead atoms. The van der Waals surface area contributed by atoms with Gasteiger partial charge in [0, 0.05) is 17.1 Å². The molecule has 0 N–H and O–H groups in total. The summed E-state index contributed by atoms with van der Waals surface area (Å²) in [5.41, 5.74) is 2.51. The number of nitrogens with zero attached hydrogens (tertiary/aromatic N) is 4. The molecule has 1 amide bonds. The maximum Gasteiger partial charge on any atom is 0.259 e. The van der Waals surface area contributed by atoms with Crippen LogP contribution >= 0.6 is 0 Å². The van der Waals surface area contributed by atoms with Crippen molar-refractivity contribution < 1.29 is 4.79 Å². The third kappa shape index (κ3) is 2.12. The summed E-state index contributed by atoms with van der Waals surface area (Å²) in [7, 11) is 0. The molecule has 0 saturated heterocycles. The molecule has 96 valence electrons. The van der Waals surface area contributed by atoms with E-state index in [-0.39, 0.29) is 17.7 Å². The molecule has 18 heavy (non-hydrogen) atoms. The summed E-state index contributed by atoms with van der Waals surface area (Å²) in [6, 6.07) is 1.88. The molecular formula is C13H18N4O. The lowest BCUT2D eigenvalue weighted by Crippen LogP contribution is -2.31. The van der Waals surface area contributed by atoms with Gasteiger partial charge < -0.3 is 0 Å². The highest BCUT2D eigenvalue weighted by Gasteiger charge is 2.37. The topological polar surface area (TPSA) is 58.5 Å². The van der Waals surface area contributed by atoms with E-state index in [0.29, 0.717) is 5.95 Å². The fourth-order valence-corrected chi connectivity index (χ4v) is 2.29. The molecule has 0 radical (unpaired) electrons. The highest BCUT2D eigenvalue weighted by molar-refractivity contribution is 6.14. The number of aromatic nitrogens is 2. The molecule has 0 fully saturated rings. The second-order valence-electron chi connectivity index (χ2n) is 5.06. The first kappa shape index (κ1) is 12.7. The van der Waals surface area contributed by atoms with Gasteiger partial charge in [0.15, 0.2) is 0 Å². The summed E-state index contributed by atoms with van der Waals surface area (Å²) in [6.07, 6.45) is 0. The maximum absolute atomic E-state index is 12.3. The van der Waals surface area contributed by atoms with E-state index in [4.69, 9.17) is 0 Å². The summed E-state index contributed by atoms with van der Waals surface area (Å²) in [5.74, 6) is 0.416. The van der Waals surface area contributed by atoms with Crippen LogP contribution in [0, 0.1) is 25.7 Å². The van der Waals surface area contributed by atoms with Crippen LogP contribution in [0.15, 0.2) is 11.2 Å². The second kappa shape index (κ2) is 4.48. The number of hydrazone groups is 1. The minimum atomic E-state index is -0.158. The van der Waals surface area contributed by atoms with Crippen LogP contribution in [0.1, 0.15) is 32.2 Å². The number of carbonyl (C=O) groups excluding carboxylic acids is 1. The Balaban J connectivity index is 2.39. The normalized spacial score (nSPS) is 19.7. The van der Waals surface area contributed by atoms with Crippen molar-refractivity contribution in [1.82, 2.24) is 9.97 Å². The molecule has 0 saturated carbocycles. The van der Waals surface area contributed by atoms with Gasteiger partial charge in [0.05, 0.1) is 5.92 Å². The minimum Gasteiger partial charge on any atom is -0.272 e. The van der Waals surface area contributed by atoms with Gasteiger partial charge in [-0.05, 0) is 32.8 Å². The Morgan fingerprint density at radius 1 is 1.17 bits per heavy atom. The van der Waals surface area contributed by atoms with Crippen molar-refractivity contribution in [1.29, 1.82) is 0 Å². The largest absolute Gasteiger partial charge is 0.272 e. The fraction of sp³-hybridized carbons (Fsp3) is 0.538. The van der Waals surface area contributed by atoms with Crippen LogP contribution in [-0.2, 0) is 4.79 Å². The SMILES string of the molecule is CC1=NN(c2nc(C)cc(C)n2)C(=O)C1C(C)C. The third-order valence-corrected chi connectivity index (χ3v) is 3.01. The van der Waals surface area contributed by atoms with Crippen molar-refractivity contribution in [2.24, 2.45) is 16.9 Å². The zero-order valence-electron chi connectivity index (χ0n) is 11.4. The Hall–Kier alpha value is -1.78. The van der Waals surface area contributed by atoms with Gasteiger partial charge in [0.25, 0.3) is 11.9 Å². The molecule has 1 aliphatic rings. The van der Waals surface area contributed by atoms with Gasteiger partial charge in [-0.1, -0.05) is 13.8 Å². The summed E-state index contributed by atoms with van der Waals surface area (Å²) >= 11 is 0. The van der Waals surface area contributed by atoms with E-state index in [0.717, 1.165) is 17.1 Å². The van der Waals surface area contributed by atoms with E-state index in [1.165, 1.54) is 5.01 Å². The molecule has 0 aliphatic carbocycles. The molecule has 2 rings (SSSR count). The van der Waals surface area contributed by atoms with Crippen molar-refractivity contribution in [3.8, 4) is 0 Å². The Labute approximate surface area is 107 Å². The van der Waals surface area contributed by atoms with Crippen LogP contribution in [0.5, 0.6) is 0 Å². The number of hydrogen-bond acceptors (Lipinski definition) is 4. The van der Waals surface area contributed by atoms with E-state index in [9.17, 15) is 4.79 Å². The summed E-state index contributed by atoms with van der Waals surface area (Å²) < 4.78 is 0. The van der Waals surface area contributed by atoms with Crippen molar-refractivity contribution in [2.75, 3.05) is 5.01 Å². The fourth-order valence-electron chi connectivity index (χ4n) is 2.29. The first-order valence-corrected chi connectivity index (χ1v) is 6.11. The van der Waals surface area contributed by atoms with Gasteiger partial charge in [-0.25, -0.2) is 9.97 Å². The highest BCUT2D eigenvalue weighted by atomic mass is 16.2. The van der Waals surface area contributed by atoms with Gasteiger partial charge in [0.2, 0.25) is 0 Å². The van der Waals surface area contributed by atoms with Crippen molar-refractivity contribution >= 4 is 17.6 Å². The monoisotopic (exact) mass is 246 g/mol. The number of amides is 1. The van der Waals surface area contributed by atoms with Gasteiger partial charge in [-0.3, -0.25) is 4.79 Å². The number of aryl methyl sites for hydroxylation is 2. The van der Waals surface area contributed by atoms with Crippen molar-refractivity contribution in [3.63, 3.8) is 0 Å². The van der Waals surface area contributed by atoms with Gasteiger partial charge in [0.1, 0.15) is 0 Å². The lowest BCUT2D eigenvalue weighted by atomic mass is 9.92. The van der Waals surface area contributed by atoms with E-state index in [2.05, 4.69) is 15.1 Å². The molecule has 1 aromatic rings. The number of rotatable bonds is 2. The van der Waals surface area contributed by atoms with Gasteiger partial charge in [-0.2, -0.15) is 10.1 Å². The molecule has 5 heteroatoms. The third-order valence-electron chi connectivity index (χ3n) is 3.01. The number of hydrogen-bond donors (Lipinski definition) is 0. The first-order chi connectivity index (χ1) is 8.40. The minimum absolute atomic E-state index is 0.0347. The summed E-state index contributed by atoms with van der Waals surface area (Å²) in [4.78, 5) is 20.9. The molecule has 1 unspecified atom stereocenters. The predicted molar refractivity (Wildman–Crippen MR) is 70.4 cm³/mol. The molecule has 5 nitrogen and oxygen atoms in total. The Kier molecular flexibility index (Phi) is 3.15. The predicted octanol–water partition coefficient (Wildman–Crippen LogP) is 2.09. The molecule has 0 aromatic carbocycles. The Morgan fingerprint density at radius 2 is 1.72 bits per heavy atom. The molecule has 0 spiro atoms.